The maximum Gasteiger partial charge on any atom is 0.0503 e. The summed E-state index contributed by atoms with van der Waals surface area (Å²) in [6.45, 7) is 1.83. The van der Waals surface area contributed by atoms with E-state index in [-0.39, 0.29) is 0 Å². The lowest BCUT2D eigenvalue weighted by molar-refractivity contribution is 0.380. The van der Waals surface area contributed by atoms with Gasteiger partial charge in [-0.1, -0.05) is 0 Å². The number of rotatable bonds is 7. The van der Waals surface area contributed by atoms with E-state index in [1.165, 1.54) is 12.0 Å². The third-order valence-electron chi connectivity index (χ3n) is 1.53. The molecule has 0 aliphatic heterocycles. The number of hydrogen-bond acceptors (Lipinski definition) is 4. The summed E-state index contributed by atoms with van der Waals surface area (Å²) >= 11 is 1.46. The molecule has 0 fully saturated rings. The lowest BCUT2D eigenvalue weighted by Crippen LogP contribution is -2.26. The van der Waals surface area contributed by atoms with Crippen molar-refractivity contribution in [1.29, 1.82) is 0 Å². The number of nitrogens with zero attached hydrogens (tertiary/aromatic N) is 1. The molecule has 0 aliphatic rings. The van der Waals surface area contributed by atoms with Crippen LogP contribution in [-0.4, -0.2) is 49.7 Å². The van der Waals surface area contributed by atoms with Gasteiger partial charge in [0.15, 0.2) is 0 Å². The Labute approximate surface area is 88.1 Å². The Kier molecular flexibility index (Phi) is 7.26. The molecule has 0 atom stereocenters. The second kappa shape index (κ2) is 6.95. The molecule has 5 heteroatoms. The predicted molar refractivity (Wildman–Crippen MR) is 65.2 cm³/mol. The second-order valence-corrected chi connectivity index (χ2v) is 7.53. The first-order valence-corrected chi connectivity index (χ1v) is 8.03. The molecule has 0 radical (unpaired) electrons. The van der Waals surface area contributed by atoms with E-state index in [1.807, 2.05) is 6.26 Å². The van der Waals surface area contributed by atoms with Crippen molar-refractivity contribution in [2.24, 2.45) is 5.73 Å². The van der Waals surface area contributed by atoms with Crippen molar-refractivity contribution in [3.8, 4) is 0 Å². The zero-order valence-corrected chi connectivity index (χ0v) is 10.7. The summed E-state index contributed by atoms with van der Waals surface area (Å²) < 4.78 is 5.61. The minimum Gasteiger partial charge on any atom is -0.330 e. The van der Waals surface area contributed by atoms with Crippen molar-refractivity contribution < 1.29 is 3.63 Å². The molecule has 0 bridgehead atoms. The highest BCUT2D eigenvalue weighted by Crippen LogP contribution is 2.44. The van der Waals surface area contributed by atoms with Crippen LogP contribution in [0.2, 0.25) is 0 Å². The van der Waals surface area contributed by atoms with Crippen molar-refractivity contribution in [3.05, 3.63) is 0 Å². The summed E-state index contributed by atoms with van der Waals surface area (Å²) in [5.74, 6) is 1.02. The van der Waals surface area contributed by atoms with Crippen LogP contribution in [0.25, 0.3) is 0 Å². The standard InChI is InChI=1S/C8H22N2OS2/c1-10(7-5-6-9)8-13(3,4)11-12-2/h5-9H2,1-4H3. The maximum absolute atomic E-state index is 5.61. The molecule has 2 N–H and O–H groups in total. The lowest BCUT2D eigenvalue weighted by Gasteiger charge is -2.33. The molecule has 0 aromatic rings. The van der Waals surface area contributed by atoms with Crippen molar-refractivity contribution in [2.75, 3.05) is 44.8 Å². The van der Waals surface area contributed by atoms with E-state index >= 15 is 0 Å². The van der Waals surface area contributed by atoms with E-state index < -0.39 is 10.3 Å². The molecule has 0 aromatic heterocycles. The Morgan fingerprint density at radius 2 is 2.08 bits per heavy atom. The monoisotopic (exact) mass is 226 g/mol. The first-order chi connectivity index (χ1) is 6.02. The Morgan fingerprint density at radius 1 is 1.46 bits per heavy atom. The van der Waals surface area contributed by atoms with Gasteiger partial charge in [-0.2, -0.15) is 0 Å². The van der Waals surface area contributed by atoms with E-state index in [4.69, 9.17) is 9.36 Å². The van der Waals surface area contributed by atoms with Crippen LogP contribution in [0.4, 0.5) is 0 Å². The first-order valence-electron chi connectivity index (χ1n) is 4.33. The Morgan fingerprint density at radius 3 is 2.54 bits per heavy atom. The third-order valence-corrected chi connectivity index (χ3v) is 4.61. The zero-order chi connectivity index (χ0) is 10.3. The summed E-state index contributed by atoms with van der Waals surface area (Å²) in [5, 5.41) is 0. The van der Waals surface area contributed by atoms with Crippen molar-refractivity contribution in [1.82, 2.24) is 4.90 Å². The molecule has 13 heavy (non-hydrogen) atoms. The number of hydrogen-bond donors (Lipinski definition) is 1. The van der Waals surface area contributed by atoms with Gasteiger partial charge in [0.05, 0.1) is 5.88 Å². The van der Waals surface area contributed by atoms with Crippen molar-refractivity contribution in [3.63, 3.8) is 0 Å². The fourth-order valence-corrected chi connectivity index (χ4v) is 4.00. The molecule has 0 rings (SSSR count). The van der Waals surface area contributed by atoms with Crippen LogP contribution in [0.15, 0.2) is 0 Å². The van der Waals surface area contributed by atoms with Gasteiger partial charge in [0.2, 0.25) is 0 Å². The molecule has 0 heterocycles. The van der Waals surface area contributed by atoms with E-state index in [0.717, 1.165) is 25.4 Å². The van der Waals surface area contributed by atoms with Crippen LogP contribution in [0.3, 0.4) is 0 Å². The smallest absolute Gasteiger partial charge is 0.0503 e. The van der Waals surface area contributed by atoms with Crippen LogP contribution in [0.5, 0.6) is 0 Å². The average Bonchev–Trinajstić information content (AvgIpc) is 1.99. The quantitative estimate of drug-likeness (QED) is 0.668. The highest BCUT2D eigenvalue weighted by Gasteiger charge is 2.14. The van der Waals surface area contributed by atoms with Gasteiger partial charge in [0, 0.05) is 18.3 Å². The molecule has 3 nitrogen and oxygen atoms in total. The molecule has 0 saturated heterocycles. The molecule has 0 spiro atoms. The van der Waals surface area contributed by atoms with Crippen LogP contribution in [0.1, 0.15) is 6.42 Å². The van der Waals surface area contributed by atoms with E-state index in [2.05, 4.69) is 24.5 Å². The fraction of sp³-hybridized carbons (Fsp3) is 1.00. The van der Waals surface area contributed by atoms with Gasteiger partial charge in [0.25, 0.3) is 0 Å². The minimum atomic E-state index is -0.913. The van der Waals surface area contributed by atoms with E-state index in [9.17, 15) is 0 Å². The summed E-state index contributed by atoms with van der Waals surface area (Å²) in [7, 11) is 1.21. The minimum absolute atomic E-state index is 0.767. The fourth-order valence-electron chi connectivity index (χ4n) is 1.16. The van der Waals surface area contributed by atoms with Crippen LogP contribution >= 0.6 is 22.4 Å². The van der Waals surface area contributed by atoms with Crippen LogP contribution in [-0.2, 0) is 3.63 Å². The van der Waals surface area contributed by atoms with Gasteiger partial charge in [-0.25, -0.2) is 0 Å². The molecule has 0 amide bonds. The van der Waals surface area contributed by atoms with Crippen molar-refractivity contribution in [2.45, 2.75) is 6.42 Å². The lowest BCUT2D eigenvalue weighted by atomic mass is 10.4. The molecule has 0 saturated carbocycles. The molecular weight excluding hydrogens is 204 g/mol. The summed E-state index contributed by atoms with van der Waals surface area (Å²) in [5.41, 5.74) is 5.44. The van der Waals surface area contributed by atoms with Gasteiger partial charge in [-0.15, -0.1) is 10.3 Å². The van der Waals surface area contributed by atoms with Gasteiger partial charge in [0.1, 0.15) is 0 Å². The van der Waals surface area contributed by atoms with Crippen LogP contribution in [0, 0.1) is 0 Å². The summed E-state index contributed by atoms with van der Waals surface area (Å²) in [4.78, 5) is 2.29. The number of nitrogens with two attached hydrogens (primary N) is 1. The molecule has 0 unspecified atom stereocenters. The largest absolute Gasteiger partial charge is 0.330 e. The highest BCUT2D eigenvalue weighted by molar-refractivity contribution is 8.32. The van der Waals surface area contributed by atoms with E-state index in [0.29, 0.717) is 0 Å². The Hall–Kier alpha value is 0.580. The van der Waals surface area contributed by atoms with Gasteiger partial charge in [-0.3, -0.25) is 8.53 Å². The molecule has 82 valence electrons. The Balaban J connectivity index is 3.68. The molecular formula is C8H22N2OS2. The summed E-state index contributed by atoms with van der Waals surface area (Å²) in [6, 6.07) is 0. The van der Waals surface area contributed by atoms with Gasteiger partial charge >= 0.3 is 0 Å². The Bertz CT molecular complexity index is 133. The normalized spacial score (nSPS) is 13.7. The molecule has 0 aliphatic carbocycles. The third kappa shape index (κ3) is 7.64. The second-order valence-electron chi connectivity index (χ2n) is 3.52. The molecule has 0 aromatic carbocycles. The average molecular weight is 226 g/mol. The SMILES string of the molecule is CSOS(C)(C)CN(C)CCCN. The topological polar surface area (TPSA) is 38.5 Å². The first kappa shape index (κ1) is 13.6. The highest BCUT2D eigenvalue weighted by atomic mass is 32.3. The van der Waals surface area contributed by atoms with E-state index in [1.54, 1.807) is 0 Å². The van der Waals surface area contributed by atoms with Crippen LogP contribution < -0.4 is 5.73 Å². The van der Waals surface area contributed by atoms with Gasteiger partial charge < -0.3 is 5.73 Å². The van der Waals surface area contributed by atoms with Crippen molar-refractivity contribution >= 4 is 22.4 Å². The van der Waals surface area contributed by atoms with Gasteiger partial charge in [-0.05, 0) is 39.1 Å². The zero-order valence-electron chi connectivity index (χ0n) is 9.08. The summed E-state index contributed by atoms with van der Waals surface area (Å²) in [6.07, 6.45) is 7.39. The maximum atomic E-state index is 5.61. The predicted octanol–water partition coefficient (Wildman–Crippen LogP) is 1.50.